The normalized spacial score (nSPS) is 36.6. The molecule has 1 aliphatic heterocycles. The Morgan fingerprint density at radius 3 is 2.28 bits per heavy atom. The molecule has 0 unspecified atom stereocenters. The summed E-state index contributed by atoms with van der Waals surface area (Å²) in [5.41, 5.74) is -0.719. The van der Waals surface area contributed by atoms with Gasteiger partial charge in [-0.2, -0.15) is 0 Å². The topological polar surface area (TPSA) is 90.2 Å². The predicted molar refractivity (Wildman–Crippen MR) is 66.1 cm³/mol. The largest absolute Gasteiger partial charge is 0.394 e. The van der Waals surface area contributed by atoms with Gasteiger partial charge in [0.15, 0.2) is 0 Å². The second-order valence-corrected chi connectivity index (χ2v) is 5.30. The van der Waals surface area contributed by atoms with Crippen molar-refractivity contribution in [2.75, 3.05) is 6.61 Å². The summed E-state index contributed by atoms with van der Waals surface area (Å²) < 4.78 is 5.39. The number of benzene rings is 1. The zero-order valence-electron chi connectivity index (χ0n) is 9.59. The van der Waals surface area contributed by atoms with Gasteiger partial charge in [-0.05, 0) is 12.1 Å². The van der Waals surface area contributed by atoms with E-state index in [1.807, 2.05) is 30.3 Å². The van der Waals surface area contributed by atoms with Crippen LogP contribution in [0.2, 0.25) is 0 Å². The summed E-state index contributed by atoms with van der Waals surface area (Å²) in [6.45, 7) is -0.406. The number of aliphatic hydroxyl groups excluding tert-OH is 4. The number of hydrogen-bond donors (Lipinski definition) is 4. The number of thioether (sulfide) groups is 1. The summed E-state index contributed by atoms with van der Waals surface area (Å²) in [5, 5.41) is 38.2. The Hall–Kier alpha value is -0.630. The molecule has 0 aromatic heterocycles. The van der Waals surface area contributed by atoms with E-state index in [-0.39, 0.29) is 0 Å². The fourth-order valence-electron chi connectivity index (χ4n) is 1.80. The number of rotatable bonds is 3. The lowest BCUT2D eigenvalue weighted by Crippen LogP contribution is -2.57. The van der Waals surface area contributed by atoms with E-state index in [1.54, 1.807) is 0 Å². The Bertz CT molecular complexity index is 372. The molecule has 0 spiro atoms. The predicted octanol–water partition coefficient (Wildman–Crippen LogP) is -0.421. The average molecular weight is 272 g/mol. The molecular weight excluding hydrogens is 256 g/mol. The van der Waals surface area contributed by atoms with E-state index in [2.05, 4.69) is 0 Å². The minimum absolute atomic E-state index is 0.406. The molecule has 18 heavy (non-hydrogen) atoms. The molecule has 1 saturated heterocycles. The Morgan fingerprint density at radius 1 is 1.00 bits per heavy atom. The zero-order valence-corrected chi connectivity index (χ0v) is 10.4. The van der Waals surface area contributed by atoms with Crippen molar-refractivity contribution in [2.24, 2.45) is 0 Å². The van der Waals surface area contributed by atoms with E-state index in [0.29, 0.717) is 0 Å². The molecule has 4 N–H and O–H groups in total. The van der Waals surface area contributed by atoms with Gasteiger partial charge >= 0.3 is 0 Å². The lowest BCUT2D eigenvalue weighted by molar-refractivity contribution is -0.205. The van der Waals surface area contributed by atoms with Crippen LogP contribution >= 0.6 is 11.8 Å². The standard InChI is InChI=1S/C12H16O5S/c13-6-8-9(14)10(15)11(16)12(17-8)18-7-4-2-1-3-5-7/h1-5,8-16H,6H2/t8-,9-,10+,11+,12+/m1/s1. The summed E-state index contributed by atoms with van der Waals surface area (Å²) in [6, 6.07) is 9.29. The van der Waals surface area contributed by atoms with Crippen molar-refractivity contribution in [3.8, 4) is 0 Å². The maximum Gasteiger partial charge on any atom is 0.136 e. The maximum absolute atomic E-state index is 9.85. The smallest absolute Gasteiger partial charge is 0.136 e. The highest BCUT2D eigenvalue weighted by Crippen LogP contribution is 2.32. The summed E-state index contributed by atoms with van der Waals surface area (Å²) in [7, 11) is 0. The van der Waals surface area contributed by atoms with E-state index < -0.39 is 36.5 Å². The van der Waals surface area contributed by atoms with Gasteiger partial charge in [-0.25, -0.2) is 0 Å². The monoisotopic (exact) mass is 272 g/mol. The quantitative estimate of drug-likeness (QED) is 0.597. The van der Waals surface area contributed by atoms with E-state index in [0.717, 1.165) is 4.90 Å². The van der Waals surface area contributed by atoms with Gasteiger partial charge in [-0.1, -0.05) is 30.0 Å². The Balaban J connectivity index is 2.08. The molecule has 5 atom stereocenters. The lowest BCUT2D eigenvalue weighted by atomic mass is 10.0. The molecule has 0 bridgehead atoms. The average Bonchev–Trinajstić information content (AvgIpc) is 2.40. The summed E-state index contributed by atoms with van der Waals surface area (Å²) >= 11 is 1.24. The van der Waals surface area contributed by atoms with Crippen molar-refractivity contribution in [3.63, 3.8) is 0 Å². The third-order valence-corrected chi connectivity index (χ3v) is 4.01. The van der Waals surface area contributed by atoms with Crippen LogP contribution < -0.4 is 0 Å². The van der Waals surface area contributed by atoms with E-state index in [4.69, 9.17) is 9.84 Å². The molecule has 1 fully saturated rings. The molecule has 0 aliphatic carbocycles. The van der Waals surface area contributed by atoms with Crippen molar-refractivity contribution in [1.82, 2.24) is 0 Å². The first-order valence-corrected chi connectivity index (χ1v) is 6.53. The number of hydrogen-bond acceptors (Lipinski definition) is 6. The SMILES string of the molecule is OC[C@H]1O[C@@H](Sc2ccccc2)[C@@H](O)[C@@H](O)[C@@H]1O. The van der Waals surface area contributed by atoms with E-state index in [1.165, 1.54) is 11.8 Å². The number of ether oxygens (including phenoxy) is 1. The molecule has 1 aromatic carbocycles. The van der Waals surface area contributed by atoms with Gasteiger partial charge < -0.3 is 25.2 Å². The molecule has 100 valence electrons. The van der Waals surface area contributed by atoms with Crippen molar-refractivity contribution >= 4 is 11.8 Å². The molecule has 6 heteroatoms. The lowest BCUT2D eigenvalue weighted by Gasteiger charge is -2.39. The van der Waals surface area contributed by atoms with Crippen molar-refractivity contribution in [3.05, 3.63) is 30.3 Å². The highest BCUT2D eigenvalue weighted by molar-refractivity contribution is 7.99. The minimum Gasteiger partial charge on any atom is -0.394 e. The van der Waals surface area contributed by atoms with Crippen LogP contribution in [-0.2, 0) is 4.74 Å². The summed E-state index contributed by atoms with van der Waals surface area (Å²) in [5.74, 6) is 0. The zero-order chi connectivity index (χ0) is 13.1. The van der Waals surface area contributed by atoms with Crippen LogP contribution in [0.5, 0.6) is 0 Å². The molecule has 0 radical (unpaired) electrons. The Labute approximate surface area is 109 Å². The van der Waals surface area contributed by atoms with E-state index >= 15 is 0 Å². The Kier molecular flexibility index (Phi) is 4.60. The van der Waals surface area contributed by atoms with Gasteiger partial charge in [-0.15, -0.1) is 0 Å². The third kappa shape index (κ3) is 2.85. The van der Waals surface area contributed by atoms with Gasteiger partial charge in [0.25, 0.3) is 0 Å². The highest BCUT2D eigenvalue weighted by Gasteiger charge is 2.43. The summed E-state index contributed by atoms with van der Waals surface area (Å²) in [6.07, 6.45) is -4.69. The molecule has 1 heterocycles. The molecular formula is C12H16O5S. The van der Waals surface area contributed by atoms with Crippen LogP contribution in [0.1, 0.15) is 0 Å². The van der Waals surface area contributed by atoms with Crippen molar-refractivity contribution in [2.45, 2.75) is 34.7 Å². The van der Waals surface area contributed by atoms with Crippen LogP contribution in [0.15, 0.2) is 35.2 Å². The highest BCUT2D eigenvalue weighted by atomic mass is 32.2. The van der Waals surface area contributed by atoms with Crippen molar-refractivity contribution in [1.29, 1.82) is 0 Å². The van der Waals surface area contributed by atoms with Gasteiger partial charge in [0.1, 0.15) is 29.9 Å². The van der Waals surface area contributed by atoms with Crippen molar-refractivity contribution < 1.29 is 25.2 Å². The van der Waals surface area contributed by atoms with Gasteiger partial charge in [0.2, 0.25) is 0 Å². The second-order valence-electron chi connectivity index (χ2n) is 4.13. The maximum atomic E-state index is 9.85. The molecule has 5 nitrogen and oxygen atoms in total. The molecule has 1 aromatic rings. The number of aliphatic hydroxyl groups is 4. The van der Waals surface area contributed by atoms with Crippen LogP contribution in [-0.4, -0.2) is 56.9 Å². The first-order valence-electron chi connectivity index (χ1n) is 5.65. The fourth-order valence-corrected chi connectivity index (χ4v) is 2.88. The van der Waals surface area contributed by atoms with Gasteiger partial charge in [0, 0.05) is 4.90 Å². The summed E-state index contributed by atoms with van der Waals surface area (Å²) in [4.78, 5) is 0.877. The molecule has 2 rings (SSSR count). The molecule has 1 aliphatic rings. The molecule has 0 amide bonds. The fraction of sp³-hybridized carbons (Fsp3) is 0.500. The Morgan fingerprint density at radius 2 is 1.67 bits per heavy atom. The van der Waals surface area contributed by atoms with Gasteiger partial charge in [-0.3, -0.25) is 0 Å². The van der Waals surface area contributed by atoms with Crippen LogP contribution in [0, 0.1) is 0 Å². The van der Waals surface area contributed by atoms with Crippen LogP contribution in [0.4, 0.5) is 0 Å². The van der Waals surface area contributed by atoms with Gasteiger partial charge in [0.05, 0.1) is 6.61 Å². The van der Waals surface area contributed by atoms with Crippen LogP contribution in [0.25, 0.3) is 0 Å². The third-order valence-electron chi connectivity index (χ3n) is 2.84. The first-order chi connectivity index (χ1) is 8.63. The van der Waals surface area contributed by atoms with E-state index in [9.17, 15) is 15.3 Å². The molecule has 0 saturated carbocycles. The first kappa shape index (κ1) is 13.8. The minimum atomic E-state index is -1.32. The van der Waals surface area contributed by atoms with Crippen LogP contribution in [0.3, 0.4) is 0 Å². The second kappa shape index (κ2) is 6.01.